The highest BCUT2D eigenvalue weighted by atomic mass is 32.2. The lowest BCUT2D eigenvalue weighted by atomic mass is 10.1. The van der Waals surface area contributed by atoms with E-state index in [2.05, 4.69) is 5.32 Å². The molecule has 4 heteroatoms. The standard InChI is InChI=1S/C12H17NO2S/c14-16(15,12-7-2-1-3-8-12)10-11-6-4-5-9-13-11/h1-3,7-8,11,13H,4-6,9-10H2. The number of nitrogens with one attached hydrogen (secondary N) is 1. The molecule has 1 aromatic rings. The third kappa shape index (κ3) is 2.83. The molecular formula is C12H17NO2S. The molecule has 88 valence electrons. The molecule has 2 rings (SSSR count). The first kappa shape index (κ1) is 11.6. The molecule has 1 fully saturated rings. The fourth-order valence-electron chi connectivity index (χ4n) is 2.06. The molecule has 1 aliphatic rings. The lowest BCUT2D eigenvalue weighted by molar-refractivity contribution is 0.423. The Morgan fingerprint density at radius 3 is 2.56 bits per heavy atom. The molecule has 1 saturated heterocycles. The van der Waals surface area contributed by atoms with Crippen molar-refractivity contribution in [2.75, 3.05) is 12.3 Å². The van der Waals surface area contributed by atoms with Crippen molar-refractivity contribution in [2.45, 2.75) is 30.2 Å². The van der Waals surface area contributed by atoms with Crippen LogP contribution in [0.2, 0.25) is 0 Å². The number of hydrogen-bond acceptors (Lipinski definition) is 3. The summed E-state index contributed by atoms with van der Waals surface area (Å²) in [5, 5.41) is 3.27. The van der Waals surface area contributed by atoms with E-state index in [4.69, 9.17) is 0 Å². The van der Waals surface area contributed by atoms with Gasteiger partial charge in [0.1, 0.15) is 0 Å². The summed E-state index contributed by atoms with van der Waals surface area (Å²) in [6.45, 7) is 0.939. The average Bonchev–Trinajstić information content (AvgIpc) is 2.31. The van der Waals surface area contributed by atoms with Crippen LogP contribution in [0.4, 0.5) is 0 Å². The van der Waals surface area contributed by atoms with Gasteiger partial charge >= 0.3 is 0 Å². The maximum absolute atomic E-state index is 12.1. The Morgan fingerprint density at radius 2 is 1.94 bits per heavy atom. The minimum absolute atomic E-state index is 0.124. The molecule has 0 saturated carbocycles. The van der Waals surface area contributed by atoms with E-state index < -0.39 is 9.84 Å². The SMILES string of the molecule is O=S(=O)(CC1CCCCN1)c1ccccc1. The van der Waals surface area contributed by atoms with Crippen LogP contribution in [-0.4, -0.2) is 26.8 Å². The van der Waals surface area contributed by atoms with Crippen molar-refractivity contribution in [1.82, 2.24) is 5.32 Å². The van der Waals surface area contributed by atoms with Crippen LogP contribution in [-0.2, 0) is 9.84 Å². The van der Waals surface area contributed by atoms with Crippen LogP contribution < -0.4 is 5.32 Å². The second kappa shape index (κ2) is 4.97. The van der Waals surface area contributed by atoms with E-state index >= 15 is 0 Å². The molecule has 0 aliphatic carbocycles. The van der Waals surface area contributed by atoms with Gasteiger partial charge in [-0.15, -0.1) is 0 Å². The summed E-state index contributed by atoms with van der Waals surface area (Å²) in [4.78, 5) is 0.433. The van der Waals surface area contributed by atoms with Gasteiger partial charge in [0.05, 0.1) is 10.6 Å². The van der Waals surface area contributed by atoms with Gasteiger partial charge in [-0.05, 0) is 31.5 Å². The zero-order valence-corrected chi connectivity index (χ0v) is 10.0. The molecule has 1 heterocycles. The Hall–Kier alpha value is -0.870. The second-order valence-corrected chi connectivity index (χ2v) is 6.28. The summed E-state index contributed by atoms with van der Waals surface area (Å²) in [7, 11) is -3.12. The van der Waals surface area contributed by atoms with E-state index in [-0.39, 0.29) is 11.8 Å². The third-order valence-corrected chi connectivity index (χ3v) is 4.77. The topological polar surface area (TPSA) is 46.2 Å². The lowest BCUT2D eigenvalue weighted by Crippen LogP contribution is -2.39. The Balaban J connectivity index is 2.08. The van der Waals surface area contributed by atoms with Crippen LogP contribution in [0.15, 0.2) is 35.2 Å². The van der Waals surface area contributed by atoms with Gasteiger partial charge in [0.25, 0.3) is 0 Å². The summed E-state index contributed by atoms with van der Waals surface area (Å²) >= 11 is 0. The number of sulfone groups is 1. The highest BCUT2D eigenvalue weighted by Gasteiger charge is 2.22. The summed E-state index contributed by atoms with van der Waals surface area (Å²) < 4.78 is 24.1. The summed E-state index contributed by atoms with van der Waals surface area (Å²) in [5.74, 6) is 0.219. The predicted molar refractivity (Wildman–Crippen MR) is 64.1 cm³/mol. The smallest absolute Gasteiger partial charge is 0.179 e. The molecule has 1 atom stereocenters. The molecular weight excluding hydrogens is 222 g/mol. The van der Waals surface area contributed by atoms with Crippen molar-refractivity contribution >= 4 is 9.84 Å². The molecule has 1 N–H and O–H groups in total. The van der Waals surface area contributed by atoms with Crippen LogP contribution in [0.5, 0.6) is 0 Å². The first-order chi connectivity index (χ1) is 7.68. The number of rotatable bonds is 3. The summed E-state index contributed by atoms with van der Waals surface area (Å²) in [6, 6.07) is 8.82. The van der Waals surface area contributed by atoms with Gasteiger partial charge in [0.15, 0.2) is 9.84 Å². The van der Waals surface area contributed by atoms with Crippen molar-refractivity contribution in [1.29, 1.82) is 0 Å². The van der Waals surface area contributed by atoms with Crippen LogP contribution in [0.3, 0.4) is 0 Å². The van der Waals surface area contributed by atoms with Crippen LogP contribution in [0.25, 0.3) is 0 Å². The average molecular weight is 239 g/mol. The molecule has 1 unspecified atom stereocenters. The monoisotopic (exact) mass is 239 g/mol. The minimum Gasteiger partial charge on any atom is -0.313 e. The van der Waals surface area contributed by atoms with Gasteiger partial charge in [0, 0.05) is 6.04 Å². The van der Waals surface area contributed by atoms with Gasteiger partial charge in [-0.2, -0.15) is 0 Å². The van der Waals surface area contributed by atoms with Crippen molar-refractivity contribution in [3.05, 3.63) is 30.3 Å². The Morgan fingerprint density at radius 1 is 1.19 bits per heavy atom. The predicted octanol–water partition coefficient (Wildman–Crippen LogP) is 1.60. The van der Waals surface area contributed by atoms with Gasteiger partial charge in [-0.3, -0.25) is 0 Å². The maximum Gasteiger partial charge on any atom is 0.179 e. The largest absolute Gasteiger partial charge is 0.313 e. The molecule has 16 heavy (non-hydrogen) atoms. The van der Waals surface area contributed by atoms with Gasteiger partial charge in [0.2, 0.25) is 0 Å². The zero-order valence-electron chi connectivity index (χ0n) is 9.22. The maximum atomic E-state index is 12.1. The lowest BCUT2D eigenvalue weighted by Gasteiger charge is -2.23. The molecule has 1 aliphatic heterocycles. The fourth-order valence-corrected chi connectivity index (χ4v) is 3.63. The molecule has 0 bridgehead atoms. The van der Waals surface area contributed by atoms with Crippen molar-refractivity contribution in [3.63, 3.8) is 0 Å². The highest BCUT2D eigenvalue weighted by molar-refractivity contribution is 7.91. The van der Waals surface area contributed by atoms with E-state index in [1.54, 1.807) is 24.3 Å². The van der Waals surface area contributed by atoms with Crippen LogP contribution in [0.1, 0.15) is 19.3 Å². The van der Waals surface area contributed by atoms with Crippen molar-refractivity contribution < 1.29 is 8.42 Å². The number of hydrogen-bond donors (Lipinski definition) is 1. The Bertz CT molecular complexity index is 422. The van der Waals surface area contributed by atoms with E-state index in [1.807, 2.05) is 6.07 Å². The highest BCUT2D eigenvalue weighted by Crippen LogP contribution is 2.15. The van der Waals surface area contributed by atoms with Gasteiger partial charge in [-0.25, -0.2) is 8.42 Å². The van der Waals surface area contributed by atoms with Gasteiger partial charge < -0.3 is 5.32 Å². The summed E-state index contributed by atoms with van der Waals surface area (Å²) in [6.07, 6.45) is 3.25. The van der Waals surface area contributed by atoms with Gasteiger partial charge in [-0.1, -0.05) is 24.6 Å². The van der Waals surface area contributed by atoms with Crippen LogP contribution >= 0.6 is 0 Å². The number of benzene rings is 1. The van der Waals surface area contributed by atoms with E-state index in [9.17, 15) is 8.42 Å². The number of piperidine rings is 1. The first-order valence-corrected chi connectivity index (χ1v) is 7.35. The fraction of sp³-hybridized carbons (Fsp3) is 0.500. The zero-order chi connectivity index (χ0) is 11.4. The Kier molecular flexibility index (Phi) is 3.61. The molecule has 0 radical (unpaired) electrons. The normalized spacial score (nSPS) is 21.9. The van der Waals surface area contributed by atoms with Crippen LogP contribution in [0, 0.1) is 0 Å². The first-order valence-electron chi connectivity index (χ1n) is 5.70. The van der Waals surface area contributed by atoms with E-state index in [1.165, 1.54) is 0 Å². The molecule has 0 amide bonds. The second-order valence-electron chi connectivity index (χ2n) is 4.24. The Labute approximate surface area is 96.8 Å². The van der Waals surface area contributed by atoms with Crippen molar-refractivity contribution in [2.24, 2.45) is 0 Å². The molecule has 3 nitrogen and oxygen atoms in total. The quantitative estimate of drug-likeness (QED) is 0.871. The van der Waals surface area contributed by atoms with E-state index in [0.29, 0.717) is 4.90 Å². The summed E-state index contributed by atoms with van der Waals surface area (Å²) in [5.41, 5.74) is 0. The third-order valence-electron chi connectivity index (χ3n) is 2.94. The molecule has 1 aromatic carbocycles. The molecule has 0 spiro atoms. The minimum atomic E-state index is -3.12. The molecule has 0 aromatic heterocycles. The van der Waals surface area contributed by atoms with Crippen molar-refractivity contribution in [3.8, 4) is 0 Å². The van der Waals surface area contributed by atoms with E-state index in [0.717, 1.165) is 25.8 Å².